The van der Waals surface area contributed by atoms with Gasteiger partial charge >= 0.3 is 6.03 Å². The van der Waals surface area contributed by atoms with Gasteiger partial charge in [0.2, 0.25) is 0 Å². The summed E-state index contributed by atoms with van der Waals surface area (Å²) in [6.45, 7) is 7.25. The molecule has 0 saturated heterocycles. The summed E-state index contributed by atoms with van der Waals surface area (Å²) < 4.78 is 0. The topological polar surface area (TPSA) is 64.7 Å². The van der Waals surface area contributed by atoms with E-state index in [4.69, 9.17) is 0 Å². The summed E-state index contributed by atoms with van der Waals surface area (Å²) in [7, 11) is 3.80. The van der Waals surface area contributed by atoms with Crippen molar-refractivity contribution >= 4 is 29.0 Å². The molecule has 0 heterocycles. The second kappa shape index (κ2) is 9.78. The van der Waals surface area contributed by atoms with Crippen molar-refractivity contribution in [2.75, 3.05) is 42.7 Å². The monoisotopic (exact) mass is 382 g/mol. The number of hydrogen-bond acceptors (Lipinski definition) is 3. The molecule has 0 fully saturated rings. The van der Waals surface area contributed by atoms with Gasteiger partial charge in [0.05, 0.1) is 5.56 Å². The van der Waals surface area contributed by atoms with Crippen LogP contribution in [0.15, 0.2) is 42.5 Å². The van der Waals surface area contributed by atoms with Gasteiger partial charge in [-0.15, -0.1) is 0 Å². The Hall–Kier alpha value is -3.02. The first kappa shape index (κ1) is 21.3. The molecule has 3 amide bonds. The Balaban J connectivity index is 2.22. The van der Waals surface area contributed by atoms with Crippen LogP contribution >= 0.6 is 0 Å². The fourth-order valence-electron chi connectivity index (χ4n) is 3.02. The van der Waals surface area contributed by atoms with Crippen LogP contribution in [0.3, 0.4) is 0 Å². The number of aryl methyl sites for hydroxylation is 1. The summed E-state index contributed by atoms with van der Waals surface area (Å²) in [4.78, 5) is 29.0. The molecule has 0 aliphatic rings. The maximum absolute atomic E-state index is 12.9. The molecule has 0 unspecified atom stereocenters. The van der Waals surface area contributed by atoms with E-state index in [0.717, 1.165) is 23.4 Å². The van der Waals surface area contributed by atoms with Crippen molar-refractivity contribution < 1.29 is 9.59 Å². The molecule has 0 saturated carbocycles. The molecule has 6 heteroatoms. The number of rotatable bonds is 7. The predicted octanol–water partition coefficient (Wildman–Crippen LogP) is 4.44. The van der Waals surface area contributed by atoms with Crippen LogP contribution in [-0.4, -0.2) is 44.0 Å². The Bertz CT molecular complexity index is 829. The normalized spacial score (nSPS) is 10.3. The maximum Gasteiger partial charge on any atom is 0.323 e. The summed E-state index contributed by atoms with van der Waals surface area (Å²) in [6.07, 6.45) is 0.903. The third-order valence-corrected chi connectivity index (χ3v) is 4.61. The first-order valence-corrected chi connectivity index (χ1v) is 9.67. The quantitative estimate of drug-likeness (QED) is 0.744. The summed E-state index contributed by atoms with van der Waals surface area (Å²) in [5, 5.41) is 5.67. The van der Waals surface area contributed by atoms with E-state index in [1.165, 1.54) is 0 Å². The number of nitrogens with zero attached hydrogens (tertiary/aromatic N) is 2. The van der Waals surface area contributed by atoms with Crippen molar-refractivity contribution in [3.8, 4) is 0 Å². The average Bonchev–Trinajstić information content (AvgIpc) is 2.68. The number of amides is 3. The highest BCUT2D eigenvalue weighted by atomic mass is 16.2. The summed E-state index contributed by atoms with van der Waals surface area (Å²) in [5.41, 5.74) is 3.85. The van der Waals surface area contributed by atoms with Crippen LogP contribution in [0.2, 0.25) is 0 Å². The van der Waals surface area contributed by atoms with Crippen molar-refractivity contribution in [2.24, 2.45) is 0 Å². The molecule has 2 aromatic carbocycles. The van der Waals surface area contributed by atoms with Gasteiger partial charge in [-0.3, -0.25) is 4.79 Å². The highest BCUT2D eigenvalue weighted by Gasteiger charge is 2.19. The minimum Gasteiger partial charge on any atom is -0.377 e. The number of carbonyl (C=O) groups is 2. The highest BCUT2D eigenvalue weighted by molar-refractivity contribution is 6.04. The van der Waals surface area contributed by atoms with Crippen LogP contribution in [-0.2, 0) is 6.42 Å². The standard InChI is InChI=1S/C22H30N4O2/c1-6-16-10-9-11-17(14-16)23-22(28)24-18-12-13-20(25(4)5)19(15-18)21(27)26(7-2)8-3/h9-15H,6-8H2,1-5H3,(H2,23,24,28). The molecule has 6 nitrogen and oxygen atoms in total. The zero-order valence-electron chi connectivity index (χ0n) is 17.4. The van der Waals surface area contributed by atoms with Gasteiger partial charge in [0, 0.05) is 44.2 Å². The molecular weight excluding hydrogens is 352 g/mol. The van der Waals surface area contributed by atoms with Crippen LogP contribution in [0.5, 0.6) is 0 Å². The van der Waals surface area contributed by atoms with Crippen LogP contribution in [0.4, 0.5) is 21.9 Å². The van der Waals surface area contributed by atoms with Crippen LogP contribution < -0.4 is 15.5 Å². The van der Waals surface area contributed by atoms with Gasteiger partial charge < -0.3 is 20.4 Å². The molecule has 150 valence electrons. The summed E-state index contributed by atoms with van der Waals surface area (Å²) in [5.74, 6) is -0.0478. The molecule has 2 aromatic rings. The van der Waals surface area contributed by atoms with E-state index < -0.39 is 0 Å². The van der Waals surface area contributed by atoms with Crippen molar-refractivity contribution in [1.82, 2.24) is 4.90 Å². The van der Waals surface area contributed by atoms with E-state index in [1.807, 2.05) is 63.2 Å². The van der Waals surface area contributed by atoms with Gasteiger partial charge in [0.25, 0.3) is 5.91 Å². The Morgan fingerprint density at radius 2 is 1.54 bits per heavy atom. The highest BCUT2D eigenvalue weighted by Crippen LogP contribution is 2.25. The van der Waals surface area contributed by atoms with Gasteiger partial charge in [-0.25, -0.2) is 4.79 Å². The van der Waals surface area contributed by atoms with Crippen LogP contribution in [0.1, 0.15) is 36.7 Å². The van der Waals surface area contributed by atoms with E-state index >= 15 is 0 Å². The fourth-order valence-corrected chi connectivity index (χ4v) is 3.02. The van der Waals surface area contributed by atoms with E-state index in [9.17, 15) is 9.59 Å². The molecule has 0 atom stereocenters. The second-order valence-corrected chi connectivity index (χ2v) is 6.74. The molecule has 2 rings (SSSR count). The van der Waals surface area contributed by atoms with E-state index in [1.54, 1.807) is 17.0 Å². The molecular formula is C22H30N4O2. The molecule has 0 spiro atoms. The number of carbonyl (C=O) groups excluding carboxylic acids is 2. The third-order valence-electron chi connectivity index (χ3n) is 4.61. The molecule has 0 aliphatic heterocycles. The largest absolute Gasteiger partial charge is 0.377 e. The van der Waals surface area contributed by atoms with E-state index in [-0.39, 0.29) is 11.9 Å². The van der Waals surface area contributed by atoms with E-state index in [0.29, 0.717) is 24.3 Å². The zero-order chi connectivity index (χ0) is 20.7. The lowest BCUT2D eigenvalue weighted by molar-refractivity contribution is 0.0773. The van der Waals surface area contributed by atoms with Gasteiger partial charge in [0.1, 0.15) is 0 Å². The average molecular weight is 383 g/mol. The number of nitrogens with one attached hydrogen (secondary N) is 2. The van der Waals surface area contributed by atoms with Crippen LogP contribution in [0.25, 0.3) is 0 Å². The first-order valence-electron chi connectivity index (χ1n) is 9.67. The molecule has 2 N–H and O–H groups in total. The van der Waals surface area contributed by atoms with Crippen LogP contribution in [0, 0.1) is 0 Å². The minimum atomic E-state index is -0.341. The van der Waals surface area contributed by atoms with Gasteiger partial charge in [-0.1, -0.05) is 19.1 Å². The van der Waals surface area contributed by atoms with Gasteiger partial charge in [0.15, 0.2) is 0 Å². The SMILES string of the molecule is CCc1cccc(NC(=O)Nc2ccc(N(C)C)c(C(=O)N(CC)CC)c2)c1. The molecule has 0 radical (unpaired) electrons. The number of urea groups is 1. The van der Waals surface area contributed by atoms with Crippen molar-refractivity contribution in [3.63, 3.8) is 0 Å². The maximum atomic E-state index is 12.9. The van der Waals surface area contributed by atoms with Crippen molar-refractivity contribution in [1.29, 1.82) is 0 Å². The second-order valence-electron chi connectivity index (χ2n) is 6.74. The Morgan fingerprint density at radius 1 is 0.893 bits per heavy atom. The van der Waals surface area contributed by atoms with Gasteiger partial charge in [-0.05, 0) is 56.2 Å². The molecule has 0 aliphatic carbocycles. The molecule has 28 heavy (non-hydrogen) atoms. The number of hydrogen-bond donors (Lipinski definition) is 2. The lowest BCUT2D eigenvalue weighted by atomic mass is 10.1. The Kier molecular flexibility index (Phi) is 7.44. The summed E-state index contributed by atoms with van der Waals surface area (Å²) >= 11 is 0. The molecule has 0 aromatic heterocycles. The zero-order valence-corrected chi connectivity index (χ0v) is 17.4. The smallest absolute Gasteiger partial charge is 0.323 e. The predicted molar refractivity (Wildman–Crippen MR) is 116 cm³/mol. The van der Waals surface area contributed by atoms with Gasteiger partial charge in [-0.2, -0.15) is 0 Å². The Morgan fingerprint density at radius 3 is 2.11 bits per heavy atom. The lowest BCUT2D eigenvalue weighted by Crippen LogP contribution is -2.32. The third kappa shape index (κ3) is 5.25. The van der Waals surface area contributed by atoms with Crippen molar-refractivity contribution in [3.05, 3.63) is 53.6 Å². The minimum absolute atomic E-state index is 0.0478. The number of benzene rings is 2. The summed E-state index contributed by atoms with van der Waals surface area (Å²) in [6, 6.07) is 12.8. The first-order chi connectivity index (χ1) is 13.4. The fraction of sp³-hybridized carbons (Fsp3) is 0.364. The van der Waals surface area contributed by atoms with Crippen molar-refractivity contribution in [2.45, 2.75) is 27.2 Å². The molecule has 0 bridgehead atoms. The lowest BCUT2D eigenvalue weighted by Gasteiger charge is -2.23. The Labute approximate surface area is 167 Å². The number of anilines is 3. The van der Waals surface area contributed by atoms with E-state index in [2.05, 4.69) is 17.6 Å².